The lowest BCUT2D eigenvalue weighted by atomic mass is 10.1. The number of halogens is 7. The smallest absolute Gasteiger partial charge is 0.383 e. The van der Waals surface area contributed by atoms with Crippen molar-refractivity contribution in [1.29, 1.82) is 0 Å². The fraction of sp³-hybridized carbons (Fsp3) is 0.231. The molecule has 0 aliphatic heterocycles. The number of hydrogen-bond acceptors (Lipinski definition) is 1. The van der Waals surface area contributed by atoms with Crippen LogP contribution >= 0.6 is 0 Å². The topological polar surface area (TPSA) is 13.1 Å². The minimum absolute atomic E-state index is 0.0119. The summed E-state index contributed by atoms with van der Waals surface area (Å²) in [6.45, 7) is 0. The summed E-state index contributed by atoms with van der Waals surface area (Å²) < 4.78 is 97.8. The van der Waals surface area contributed by atoms with E-state index >= 15 is 0 Å². The first-order chi connectivity index (χ1) is 9.60. The predicted molar refractivity (Wildman–Crippen MR) is 59.1 cm³/mol. The van der Waals surface area contributed by atoms with Crippen molar-refractivity contribution in [2.45, 2.75) is 17.8 Å². The molecule has 0 radical (unpaired) electrons. The normalized spacial score (nSPS) is 23.0. The Labute approximate surface area is 112 Å². The van der Waals surface area contributed by atoms with Gasteiger partial charge < -0.3 is 4.42 Å². The van der Waals surface area contributed by atoms with Crippen LogP contribution in [0, 0.1) is 0 Å². The van der Waals surface area contributed by atoms with Crippen molar-refractivity contribution in [1.82, 2.24) is 0 Å². The number of benzene rings is 1. The van der Waals surface area contributed by atoms with Crippen LogP contribution in [0.2, 0.25) is 0 Å². The highest BCUT2D eigenvalue weighted by molar-refractivity contribution is 5.85. The summed E-state index contributed by atoms with van der Waals surface area (Å²) in [5.41, 5.74) is -2.13. The van der Waals surface area contributed by atoms with E-state index in [0.717, 1.165) is 6.07 Å². The van der Waals surface area contributed by atoms with E-state index < -0.39 is 34.9 Å². The molecule has 8 heteroatoms. The summed E-state index contributed by atoms with van der Waals surface area (Å²) in [5.74, 6) is -20.8. The third kappa shape index (κ3) is 1.53. The molecule has 0 spiro atoms. The average Bonchev–Trinajstić information content (AvgIpc) is 2.83. The molecular weight excluding hydrogens is 305 g/mol. The quantitative estimate of drug-likeness (QED) is 0.673. The van der Waals surface area contributed by atoms with Crippen molar-refractivity contribution in [2.75, 3.05) is 0 Å². The number of fused-ring (bicyclic) bond motifs is 1. The largest absolute Gasteiger partial charge is 0.456 e. The van der Waals surface area contributed by atoms with Gasteiger partial charge >= 0.3 is 17.8 Å². The molecule has 1 aliphatic carbocycles. The Morgan fingerprint density at radius 1 is 0.857 bits per heavy atom. The van der Waals surface area contributed by atoms with E-state index in [1.165, 1.54) is 24.3 Å². The zero-order valence-corrected chi connectivity index (χ0v) is 9.94. The standard InChI is InChI=1S/C13H5F7O/c14-10-9(11(15,16)13(19,20)12(10,17)18)8-5-6-3-1-2-4-7(6)21-8/h1-5H. The van der Waals surface area contributed by atoms with Crippen LogP contribution < -0.4 is 0 Å². The van der Waals surface area contributed by atoms with Crippen molar-refractivity contribution < 1.29 is 35.2 Å². The molecule has 0 saturated heterocycles. The molecule has 21 heavy (non-hydrogen) atoms. The Kier molecular flexibility index (Phi) is 2.53. The highest BCUT2D eigenvalue weighted by atomic mass is 19.3. The van der Waals surface area contributed by atoms with Gasteiger partial charge in [-0.05, 0) is 12.1 Å². The zero-order valence-electron chi connectivity index (χ0n) is 9.94. The first-order valence-electron chi connectivity index (χ1n) is 5.64. The summed E-state index contributed by atoms with van der Waals surface area (Å²) in [5, 5.41) is 0.196. The summed E-state index contributed by atoms with van der Waals surface area (Å²) in [6, 6.07) is 6.44. The number of para-hydroxylation sites is 1. The Bertz CT molecular complexity index is 724. The molecule has 0 N–H and O–H groups in total. The molecule has 1 aliphatic rings. The van der Waals surface area contributed by atoms with Gasteiger partial charge in [0.1, 0.15) is 16.9 Å². The van der Waals surface area contributed by atoms with Gasteiger partial charge in [-0.1, -0.05) is 18.2 Å². The van der Waals surface area contributed by atoms with Gasteiger partial charge in [-0.2, -0.15) is 26.3 Å². The van der Waals surface area contributed by atoms with Gasteiger partial charge in [-0.15, -0.1) is 0 Å². The lowest BCUT2D eigenvalue weighted by Gasteiger charge is -2.24. The van der Waals surface area contributed by atoms with Gasteiger partial charge in [-0.25, -0.2) is 4.39 Å². The lowest BCUT2D eigenvalue weighted by Crippen LogP contribution is -2.48. The van der Waals surface area contributed by atoms with E-state index in [0.29, 0.717) is 0 Å². The minimum atomic E-state index is -5.86. The van der Waals surface area contributed by atoms with Crippen LogP contribution in [-0.4, -0.2) is 17.8 Å². The second-order valence-electron chi connectivity index (χ2n) is 4.56. The van der Waals surface area contributed by atoms with E-state index in [1.54, 1.807) is 0 Å². The fourth-order valence-corrected chi connectivity index (χ4v) is 2.15. The van der Waals surface area contributed by atoms with Crippen LogP contribution in [0.25, 0.3) is 16.5 Å². The van der Waals surface area contributed by atoms with E-state index in [1.807, 2.05) is 0 Å². The van der Waals surface area contributed by atoms with Crippen molar-refractivity contribution in [3.63, 3.8) is 0 Å². The van der Waals surface area contributed by atoms with Crippen LogP contribution in [0.5, 0.6) is 0 Å². The van der Waals surface area contributed by atoms with E-state index in [4.69, 9.17) is 4.42 Å². The molecule has 0 fully saturated rings. The first-order valence-corrected chi connectivity index (χ1v) is 5.64. The molecule has 112 valence electrons. The Balaban J connectivity index is 2.27. The van der Waals surface area contributed by atoms with Gasteiger partial charge in [0, 0.05) is 5.39 Å². The number of furan rings is 1. The zero-order chi connectivity index (χ0) is 15.6. The first kappa shape index (κ1) is 14.0. The van der Waals surface area contributed by atoms with E-state index in [2.05, 4.69) is 0 Å². The van der Waals surface area contributed by atoms with Crippen molar-refractivity contribution in [3.05, 3.63) is 41.9 Å². The number of hydrogen-bond donors (Lipinski definition) is 0. The Morgan fingerprint density at radius 2 is 1.48 bits per heavy atom. The summed E-state index contributed by atoms with van der Waals surface area (Å²) >= 11 is 0. The molecule has 0 saturated carbocycles. The maximum Gasteiger partial charge on any atom is 0.383 e. The highest BCUT2D eigenvalue weighted by Crippen LogP contribution is 2.62. The van der Waals surface area contributed by atoms with Crippen LogP contribution in [-0.2, 0) is 0 Å². The lowest BCUT2D eigenvalue weighted by molar-refractivity contribution is -0.263. The number of rotatable bonds is 1. The van der Waals surface area contributed by atoms with Gasteiger partial charge in [0.05, 0.1) is 0 Å². The molecule has 1 nitrogen and oxygen atoms in total. The van der Waals surface area contributed by atoms with Crippen molar-refractivity contribution in [2.24, 2.45) is 0 Å². The van der Waals surface area contributed by atoms with Gasteiger partial charge in [-0.3, -0.25) is 0 Å². The summed E-state index contributed by atoms with van der Waals surface area (Å²) in [7, 11) is 0. The highest BCUT2D eigenvalue weighted by Gasteiger charge is 2.81. The SMILES string of the molecule is FC1=C(c2cc3ccccc3o2)C(F)(F)C(F)(F)C1(F)F. The maximum atomic E-state index is 13.6. The summed E-state index contributed by atoms with van der Waals surface area (Å²) in [6.07, 6.45) is 0. The average molecular weight is 310 g/mol. The van der Waals surface area contributed by atoms with Crippen LogP contribution in [0.1, 0.15) is 5.76 Å². The number of allylic oxidation sites excluding steroid dienone is 2. The van der Waals surface area contributed by atoms with Crippen LogP contribution in [0.15, 0.2) is 40.6 Å². The molecule has 0 bridgehead atoms. The third-order valence-electron chi connectivity index (χ3n) is 3.27. The Morgan fingerprint density at radius 3 is 2.00 bits per heavy atom. The Hall–Kier alpha value is -1.99. The molecular formula is C13H5F7O. The minimum Gasteiger partial charge on any atom is -0.456 e. The van der Waals surface area contributed by atoms with Crippen LogP contribution in [0.4, 0.5) is 30.7 Å². The van der Waals surface area contributed by atoms with E-state index in [-0.39, 0.29) is 11.0 Å². The molecule has 2 aromatic rings. The fourth-order valence-electron chi connectivity index (χ4n) is 2.15. The predicted octanol–water partition coefficient (Wildman–Crippen LogP) is 5.03. The van der Waals surface area contributed by atoms with Gasteiger partial charge in [0.15, 0.2) is 5.83 Å². The maximum absolute atomic E-state index is 13.6. The molecule has 3 rings (SSSR count). The molecule has 1 aromatic carbocycles. The molecule has 0 amide bonds. The van der Waals surface area contributed by atoms with Crippen LogP contribution in [0.3, 0.4) is 0 Å². The second-order valence-corrected chi connectivity index (χ2v) is 4.56. The number of alkyl halides is 6. The monoisotopic (exact) mass is 310 g/mol. The molecule has 0 unspecified atom stereocenters. The van der Waals surface area contributed by atoms with E-state index in [9.17, 15) is 30.7 Å². The van der Waals surface area contributed by atoms with Gasteiger partial charge in [0.2, 0.25) is 0 Å². The van der Waals surface area contributed by atoms with Crippen molar-refractivity contribution in [3.8, 4) is 0 Å². The summed E-state index contributed by atoms with van der Waals surface area (Å²) in [4.78, 5) is 0. The van der Waals surface area contributed by atoms with Gasteiger partial charge in [0.25, 0.3) is 0 Å². The third-order valence-corrected chi connectivity index (χ3v) is 3.27. The van der Waals surface area contributed by atoms with Crippen molar-refractivity contribution >= 4 is 16.5 Å². The second kappa shape index (κ2) is 3.80. The molecule has 1 aromatic heterocycles. The molecule has 0 atom stereocenters. The molecule has 1 heterocycles.